The summed E-state index contributed by atoms with van der Waals surface area (Å²) >= 11 is 0. The molecule has 1 aliphatic carbocycles. The highest BCUT2D eigenvalue weighted by Gasteiger charge is 2.35. The van der Waals surface area contributed by atoms with E-state index in [1.165, 1.54) is 31.2 Å². The van der Waals surface area contributed by atoms with Gasteiger partial charge in [-0.15, -0.1) is 0 Å². The maximum absolute atomic E-state index is 4.38. The van der Waals surface area contributed by atoms with E-state index in [1.807, 2.05) is 31.0 Å². The molecule has 6 nitrogen and oxygen atoms in total. The summed E-state index contributed by atoms with van der Waals surface area (Å²) in [5, 5.41) is 15.0. The molecule has 0 aliphatic heterocycles. The van der Waals surface area contributed by atoms with Crippen LogP contribution in [0, 0.1) is 0 Å². The molecular formula is C21H32N6. The van der Waals surface area contributed by atoms with E-state index in [2.05, 4.69) is 63.3 Å². The van der Waals surface area contributed by atoms with Crippen LogP contribution in [0.25, 0.3) is 0 Å². The van der Waals surface area contributed by atoms with E-state index in [1.54, 1.807) is 0 Å². The lowest BCUT2D eigenvalue weighted by Crippen LogP contribution is -2.54. The lowest BCUT2D eigenvalue weighted by Gasteiger charge is -2.35. The zero-order valence-corrected chi connectivity index (χ0v) is 16.7. The smallest absolute Gasteiger partial charge is 0.191 e. The van der Waals surface area contributed by atoms with Gasteiger partial charge in [-0.25, -0.2) is 0 Å². The summed E-state index contributed by atoms with van der Waals surface area (Å²) in [7, 11) is 3.77. The van der Waals surface area contributed by atoms with Crippen LogP contribution in [0.5, 0.6) is 0 Å². The van der Waals surface area contributed by atoms with Crippen LogP contribution in [0.3, 0.4) is 0 Å². The Morgan fingerprint density at radius 2 is 1.93 bits per heavy atom. The van der Waals surface area contributed by atoms with Gasteiger partial charge in [0, 0.05) is 38.4 Å². The molecule has 3 N–H and O–H groups in total. The molecule has 0 bridgehead atoms. The molecule has 1 aliphatic rings. The fourth-order valence-corrected chi connectivity index (χ4v) is 3.93. The summed E-state index contributed by atoms with van der Waals surface area (Å²) < 4.78 is 1.88. The Morgan fingerprint density at radius 1 is 1.19 bits per heavy atom. The number of hydrogen-bond donors (Lipinski definition) is 3. The van der Waals surface area contributed by atoms with Gasteiger partial charge in [-0.2, -0.15) is 5.10 Å². The highest BCUT2D eigenvalue weighted by atomic mass is 15.3. The molecule has 1 heterocycles. The van der Waals surface area contributed by atoms with Gasteiger partial charge >= 0.3 is 0 Å². The second-order valence-corrected chi connectivity index (χ2v) is 7.49. The van der Waals surface area contributed by atoms with Crippen LogP contribution in [0.1, 0.15) is 49.9 Å². The maximum atomic E-state index is 4.38. The van der Waals surface area contributed by atoms with Crippen molar-refractivity contribution in [2.75, 3.05) is 13.6 Å². The number of aryl methyl sites for hydroxylation is 1. The third kappa shape index (κ3) is 5.10. The van der Waals surface area contributed by atoms with Crippen molar-refractivity contribution in [2.45, 2.75) is 50.7 Å². The molecule has 0 saturated heterocycles. The SMILES string of the molecule is CN=C(NCc1ccnn1C)NCC1(NC(C)c2ccccc2)CCCC1. The lowest BCUT2D eigenvalue weighted by atomic mass is 9.94. The van der Waals surface area contributed by atoms with Crippen molar-refractivity contribution in [1.82, 2.24) is 25.7 Å². The molecule has 1 atom stereocenters. The Balaban J connectivity index is 1.57. The van der Waals surface area contributed by atoms with Gasteiger partial charge in [-0.05, 0) is 31.4 Å². The van der Waals surface area contributed by atoms with E-state index in [-0.39, 0.29) is 5.54 Å². The molecule has 1 aromatic carbocycles. The van der Waals surface area contributed by atoms with Gasteiger partial charge in [0.1, 0.15) is 0 Å². The predicted molar refractivity (Wildman–Crippen MR) is 111 cm³/mol. The minimum absolute atomic E-state index is 0.111. The van der Waals surface area contributed by atoms with Crippen molar-refractivity contribution >= 4 is 5.96 Å². The Bertz CT molecular complexity index is 730. The molecule has 1 saturated carbocycles. The Labute approximate surface area is 162 Å². The van der Waals surface area contributed by atoms with Crippen molar-refractivity contribution in [2.24, 2.45) is 12.0 Å². The first-order chi connectivity index (χ1) is 13.1. The fourth-order valence-electron chi connectivity index (χ4n) is 3.93. The monoisotopic (exact) mass is 368 g/mol. The van der Waals surface area contributed by atoms with Gasteiger partial charge in [-0.1, -0.05) is 43.2 Å². The highest BCUT2D eigenvalue weighted by molar-refractivity contribution is 5.79. The topological polar surface area (TPSA) is 66.3 Å². The van der Waals surface area contributed by atoms with Crippen molar-refractivity contribution in [3.05, 3.63) is 53.9 Å². The Hall–Kier alpha value is -2.34. The molecule has 0 amide bonds. The number of aromatic nitrogens is 2. The van der Waals surface area contributed by atoms with E-state index in [9.17, 15) is 0 Å². The first-order valence-electron chi connectivity index (χ1n) is 9.86. The zero-order chi connectivity index (χ0) is 19.1. The van der Waals surface area contributed by atoms with Gasteiger partial charge in [-0.3, -0.25) is 9.67 Å². The standard InChI is InChI=1S/C21H32N6/c1-17(18-9-5-4-6-10-18)26-21(12-7-8-13-21)16-24-20(22-2)23-15-19-11-14-25-27(19)3/h4-6,9-11,14,17,26H,7-8,12-13,15-16H2,1-3H3,(H2,22,23,24). The van der Waals surface area contributed by atoms with Crippen LogP contribution in [-0.2, 0) is 13.6 Å². The zero-order valence-electron chi connectivity index (χ0n) is 16.7. The molecule has 3 rings (SSSR count). The summed E-state index contributed by atoms with van der Waals surface area (Å²) in [6, 6.07) is 13.0. The number of nitrogens with one attached hydrogen (secondary N) is 3. The normalized spacial score (nSPS) is 17.7. The minimum atomic E-state index is 0.111. The summed E-state index contributed by atoms with van der Waals surface area (Å²) in [6.45, 7) is 3.83. The summed E-state index contributed by atoms with van der Waals surface area (Å²) in [5.41, 5.74) is 2.58. The van der Waals surface area contributed by atoms with Crippen LogP contribution < -0.4 is 16.0 Å². The van der Waals surface area contributed by atoms with Gasteiger partial charge in [0.25, 0.3) is 0 Å². The van der Waals surface area contributed by atoms with Crippen LogP contribution in [0.4, 0.5) is 0 Å². The third-order valence-corrected chi connectivity index (χ3v) is 5.56. The molecule has 2 aromatic rings. The van der Waals surface area contributed by atoms with E-state index < -0.39 is 0 Å². The van der Waals surface area contributed by atoms with Gasteiger partial charge in [0.2, 0.25) is 0 Å². The summed E-state index contributed by atoms with van der Waals surface area (Å²) in [5.74, 6) is 0.830. The molecule has 1 unspecified atom stereocenters. The molecule has 0 radical (unpaired) electrons. The number of benzene rings is 1. The van der Waals surface area contributed by atoms with E-state index in [4.69, 9.17) is 0 Å². The van der Waals surface area contributed by atoms with Crippen LogP contribution in [0.2, 0.25) is 0 Å². The molecule has 27 heavy (non-hydrogen) atoms. The minimum Gasteiger partial charge on any atom is -0.355 e. The average Bonchev–Trinajstić information content (AvgIpc) is 3.32. The van der Waals surface area contributed by atoms with Gasteiger partial charge in [0.05, 0.1) is 12.2 Å². The Morgan fingerprint density at radius 3 is 2.56 bits per heavy atom. The molecule has 1 aromatic heterocycles. The van der Waals surface area contributed by atoms with Crippen molar-refractivity contribution in [3.8, 4) is 0 Å². The first-order valence-corrected chi connectivity index (χ1v) is 9.86. The number of aliphatic imine (C=N–C) groups is 1. The second-order valence-electron chi connectivity index (χ2n) is 7.49. The molecule has 6 heteroatoms. The summed E-state index contributed by atoms with van der Waals surface area (Å²) in [4.78, 5) is 4.38. The van der Waals surface area contributed by atoms with Crippen LogP contribution in [0.15, 0.2) is 47.6 Å². The third-order valence-electron chi connectivity index (χ3n) is 5.56. The fraction of sp³-hybridized carbons (Fsp3) is 0.524. The Kier molecular flexibility index (Phi) is 6.50. The number of hydrogen-bond acceptors (Lipinski definition) is 3. The molecular weight excluding hydrogens is 336 g/mol. The molecule has 1 fully saturated rings. The van der Waals surface area contributed by atoms with Crippen molar-refractivity contribution in [1.29, 1.82) is 0 Å². The first kappa shape index (κ1) is 19.4. The average molecular weight is 369 g/mol. The van der Waals surface area contributed by atoms with E-state index >= 15 is 0 Å². The summed E-state index contributed by atoms with van der Waals surface area (Å²) in [6.07, 6.45) is 6.75. The predicted octanol–water partition coefficient (Wildman–Crippen LogP) is 2.75. The van der Waals surface area contributed by atoms with Crippen molar-refractivity contribution in [3.63, 3.8) is 0 Å². The van der Waals surface area contributed by atoms with E-state index in [0.29, 0.717) is 12.6 Å². The second kappa shape index (κ2) is 9.04. The highest BCUT2D eigenvalue weighted by Crippen LogP contribution is 2.31. The lowest BCUT2D eigenvalue weighted by molar-refractivity contribution is 0.297. The van der Waals surface area contributed by atoms with Crippen LogP contribution >= 0.6 is 0 Å². The number of nitrogens with zero attached hydrogens (tertiary/aromatic N) is 3. The largest absolute Gasteiger partial charge is 0.355 e. The van der Waals surface area contributed by atoms with E-state index in [0.717, 1.165) is 18.2 Å². The molecule has 146 valence electrons. The number of rotatable bonds is 7. The van der Waals surface area contributed by atoms with Gasteiger partial charge in [0.15, 0.2) is 5.96 Å². The molecule has 0 spiro atoms. The quantitative estimate of drug-likeness (QED) is 0.519. The van der Waals surface area contributed by atoms with Crippen molar-refractivity contribution < 1.29 is 0 Å². The maximum Gasteiger partial charge on any atom is 0.191 e. The van der Waals surface area contributed by atoms with Gasteiger partial charge < -0.3 is 16.0 Å². The van der Waals surface area contributed by atoms with Crippen LogP contribution in [-0.4, -0.2) is 34.9 Å². The number of guanidine groups is 1.